The topological polar surface area (TPSA) is 55.9 Å². The third kappa shape index (κ3) is 3.28. The maximum absolute atomic E-state index is 5.82. The molecular weight excluding hydrogens is 320 g/mol. The predicted molar refractivity (Wildman–Crippen MR) is 110 cm³/mol. The van der Waals surface area contributed by atoms with Crippen LogP contribution in [-0.4, -0.2) is 9.55 Å². The molecule has 3 aromatic rings. The van der Waals surface area contributed by atoms with Crippen LogP contribution in [0.5, 0.6) is 0 Å². The molecule has 26 heavy (non-hydrogen) atoms. The average molecular weight is 348 g/mol. The van der Waals surface area contributed by atoms with E-state index in [0.29, 0.717) is 17.4 Å². The summed E-state index contributed by atoms with van der Waals surface area (Å²) in [4.78, 5) is 4.90. The number of imidazole rings is 1. The maximum Gasteiger partial charge on any atom is 0.208 e. The normalized spacial score (nSPS) is 22.4. The second-order valence-electron chi connectivity index (χ2n) is 8.61. The molecule has 1 aromatic heterocycles. The van der Waals surface area contributed by atoms with Gasteiger partial charge in [-0.2, -0.15) is 0 Å². The van der Waals surface area contributed by atoms with Crippen LogP contribution in [0.4, 0.5) is 17.3 Å². The zero-order valence-electron chi connectivity index (χ0n) is 15.9. The number of nitrogens with one attached hydrogen (secondary N) is 1. The molecule has 0 amide bonds. The Kier molecular flexibility index (Phi) is 4.14. The van der Waals surface area contributed by atoms with Gasteiger partial charge in [-0.3, -0.25) is 0 Å². The van der Waals surface area contributed by atoms with E-state index in [1.165, 1.54) is 24.8 Å². The van der Waals surface area contributed by atoms with Crippen LogP contribution in [0.3, 0.4) is 0 Å². The van der Waals surface area contributed by atoms with Crippen LogP contribution in [0.2, 0.25) is 0 Å². The van der Waals surface area contributed by atoms with Crippen molar-refractivity contribution in [3.63, 3.8) is 0 Å². The molecular formula is C22H28N4. The summed E-state index contributed by atoms with van der Waals surface area (Å²) in [5, 5.41) is 3.52. The van der Waals surface area contributed by atoms with E-state index in [0.717, 1.165) is 22.8 Å². The minimum absolute atomic E-state index is 0.353. The Bertz CT molecular complexity index is 908. The Morgan fingerprint density at radius 2 is 1.81 bits per heavy atom. The molecule has 1 saturated carbocycles. The van der Waals surface area contributed by atoms with Crippen LogP contribution in [0.25, 0.3) is 11.0 Å². The second-order valence-corrected chi connectivity index (χ2v) is 8.61. The first kappa shape index (κ1) is 17.0. The van der Waals surface area contributed by atoms with E-state index < -0.39 is 0 Å². The molecule has 0 saturated heterocycles. The van der Waals surface area contributed by atoms with Gasteiger partial charge < -0.3 is 15.6 Å². The molecule has 1 aliphatic rings. The summed E-state index contributed by atoms with van der Waals surface area (Å²) in [6.07, 6.45) is 3.66. The quantitative estimate of drug-likeness (QED) is 0.593. The lowest BCUT2D eigenvalue weighted by atomic mass is 9.70. The van der Waals surface area contributed by atoms with E-state index in [1.54, 1.807) is 0 Å². The summed E-state index contributed by atoms with van der Waals surface area (Å²) in [7, 11) is 0. The monoisotopic (exact) mass is 348 g/mol. The molecule has 136 valence electrons. The van der Waals surface area contributed by atoms with Crippen LogP contribution >= 0.6 is 0 Å². The Hall–Kier alpha value is -2.49. The summed E-state index contributed by atoms with van der Waals surface area (Å²) in [6.45, 7) is 7.16. The van der Waals surface area contributed by atoms with E-state index in [2.05, 4.69) is 54.9 Å². The van der Waals surface area contributed by atoms with Gasteiger partial charge in [0.1, 0.15) is 0 Å². The van der Waals surface area contributed by atoms with Gasteiger partial charge in [0.15, 0.2) is 0 Å². The van der Waals surface area contributed by atoms with Gasteiger partial charge in [-0.05, 0) is 67.0 Å². The van der Waals surface area contributed by atoms with Crippen LogP contribution in [-0.2, 0) is 0 Å². The van der Waals surface area contributed by atoms with Crippen molar-refractivity contribution in [2.24, 2.45) is 11.3 Å². The molecule has 4 rings (SSSR count). The van der Waals surface area contributed by atoms with Gasteiger partial charge in [0.25, 0.3) is 0 Å². The minimum atomic E-state index is 0.353. The third-order valence-corrected chi connectivity index (χ3v) is 5.49. The Balaban J connectivity index is 1.77. The van der Waals surface area contributed by atoms with Gasteiger partial charge >= 0.3 is 0 Å². The lowest BCUT2D eigenvalue weighted by Crippen LogP contribution is -2.29. The number of anilines is 3. The van der Waals surface area contributed by atoms with Crippen LogP contribution in [0.1, 0.15) is 46.1 Å². The highest BCUT2D eigenvalue weighted by atomic mass is 15.2. The number of aromatic nitrogens is 2. The first-order valence-electron chi connectivity index (χ1n) is 9.51. The summed E-state index contributed by atoms with van der Waals surface area (Å²) in [5.74, 6) is 1.64. The second kappa shape index (κ2) is 6.35. The van der Waals surface area contributed by atoms with Crippen LogP contribution in [0, 0.1) is 11.3 Å². The van der Waals surface area contributed by atoms with Crippen molar-refractivity contribution in [3.8, 4) is 0 Å². The predicted octanol–water partition coefficient (Wildman–Crippen LogP) is 5.75. The molecule has 0 spiro atoms. The lowest BCUT2D eigenvalue weighted by Gasteiger charge is -2.40. The van der Waals surface area contributed by atoms with Gasteiger partial charge in [0, 0.05) is 17.4 Å². The standard InChI is InChI=1S/C22H28N4/c1-15-12-18(14-22(2,3)13-15)26-20-7-5-4-6-19(20)25-21(26)24-17-10-8-16(23)9-11-17/h4-11,15,18H,12-14,23H2,1-3H3,(H,24,25)/t15?,18-/m1/s1. The third-order valence-electron chi connectivity index (χ3n) is 5.49. The van der Waals surface area contributed by atoms with E-state index in [1.807, 2.05) is 24.3 Å². The van der Waals surface area contributed by atoms with Crippen molar-refractivity contribution >= 4 is 28.4 Å². The number of nitrogens with zero attached hydrogens (tertiary/aromatic N) is 2. The van der Waals surface area contributed by atoms with Gasteiger partial charge in [-0.15, -0.1) is 0 Å². The highest BCUT2D eigenvalue weighted by Crippen LogP contribution is 2.45. The number of rotatable bonds is 3. The molecule has 1 heterocycles. The minimum Gasteiger partial charge on any atom is -0.399 e. The van der Waals surface area contributed by atoms with Gasteiger partial charge in [-0.25, -0.2) is 4.98 Å². The summed E-state index contributed by atoms with van der Waals surface area (Å²) in [5.41, 5.74) is 10.2. The highest BCUT2D eigenvalue weighted by Gasteiger charge is 2.34. The SMILES string of the molecule is CC1C[C@@H](n2c(Nc3ccc(N)cc3)nc3ccccc32)CC(C)(C)C1. The van der Waals surface area contributed by atoms with Gasteiger partial charge in [0.05, 0.1) is 11.0 Å². The van der Waals surface area contributed by atoms with E-state index in [9.17, 15) is 0 Å². The number of hydrogen-bond donors (Lipinski definition) is 2. The summed E-state index contributed by atoms with van der Waals surface area (Å²) < 4.78 is 2.42. The van der Waals surface area contributed by atoms with Gasteiger partial charge in [0.2, 0.25) is 5.95 Å². The lowest BCUT2D eigenvalue weighted by molar-refractivity contribution is 0.140. The smallest absolute Gasteiger partial charge is 0.208 e. The largest absolute Gasteiger partial charge is 0.399 e. The van der Waals surface area contributed by atoms with E-state index >= 15 is 0 Å². The molecule has 0 aliphatic heterocycles. The number of para-hydroxylation sites is 2. The van der Waals surface area contributed by atoms with Crippen molar-refractivity contribution in [2.75, 3.05) is 11.1 Å². The molecule has 4 heteroatoms. The Morgan fingerprint density at radius 1 is 1.08 bits per heavy atom. The zero-order valence-corrected chi connectivity index (χ0v) is 15.9. The fraction of sp³-hybridized carbons (Fsp3) is 0.409. The van der Waals surface area contributed by atoms with E-state index in [-0.39, 0.29) is 0 Å². The molecule has 1 unspecified atom stereocenters. The number of nitrogens with two attached hydrogens (primary N) is 1. The van der Waals surface area contributed by atoms with Gasteiger partial charge in [-0.1, -0.05) is 32.9 Å². The molecule has 1 aliphatic carbocycles. The fourth-order valence-electron chi connectivity index (χ4n) is 4.69. The number of fused-ring (bicyclic) bond motifs is 1. The van der Waals surface area contributed by atoms with Crippen molar-refractivity contribution in [1.29, 1.82) is 0 Å². The summed E-state index contributed by atoms with van der Waals surface area (Å²) in [6, 6.07) is 16.7. The molecule has 3 N–H and O–H groups in total. The van der Waals surface area contributed by atoms with Crippen LogP contribution < -0.4 is 11.1 Å². The maximum atomic E-state index is 5.82. The first-order chi connectivity index (χ1) is 12.4. The Morgan fingerprint density at radius 3 is 2.54 bits per heavy atom. The molecule has 4 nitrogen and oxygen atoms in total. The summed E-state index contributed by atoms with van der Waals surface area (Å²) >= 11 is 0. The fourth-order valence-corrected chi connectivity index (χ4v) is 4.69. The number of nitrogen functional groups attached to an aromatic ring is 1. The average Bonchev–Trinajstić information content (AvgIpc) is 2.93. The molecule has 0 radical (unpaired) electrons. The van der Waals surface area contributed by atoms with Crippen molar-refractivity contribution in [3.05, 3.63) is 48.5 Å². The number of hydrogen-bond acceptors (Lipinski definition) is 3. The van der Waals surface area contributed by atoms with Crippen molar-refractivity contribution in [1.82, 2.24) is 9.55 Å². The van der Waals surface area contributed by atoms with E-state index in [4.69, 9.17) is 10.7 Å². The Labute approximate surface area is 155 Å². The number of benzene rings is 2. The van der Waals surface area contributed by atoms with Crippen LogP contribution in [0.15, 0.2) is 48.5 Å². The molecule has 2 aromatic carbocycles. The van der Waals surface area contributed by atoms with Crippen molar-refractivity contribution in [2.45, 2.75) is 46.1 Å². The molecule has 1 fully saturated rings. The zero-order chi connectivity index (χ0) is 18.3. The molecule has 0 bridgehead atoms. The molecule has 2 atom stereocenters. The highest BCUT2D eigenvalue weighted by molar-refractivity contribution is 5.80. The van der Waals surface area contributed by atoms with Crippen molar-refractivity contribution < 1.29 is 0 Å². The first-order valence-corrected chi connectivity index (χ1v) is 9.51.